The summed E-state index contributed by atoms with van der Waals surface area (Å²) in [6, 6.07) is 1.77. The van der Waals surface area contributed by atoms with Gasteiger partial charge in [-0.05, 0) is 6.07 Å². The molecule has 2 aliphatic heterocycles. The number of alkyl halides is 3. The number of piperazine rings is 1. The summed E-state index contributed by atoms with van der Waals surface area (Å²) in [6.45, 7) is 4.12. The van der Waals surface area contributed by atoms with E-state index in [1.807, 2.05) is 9.80 Å². The summed E-state index contributed by atoms with van der Waals surface area (Å²) in [4.78, 5) is 25.8. The molecule has 0 unspecified atom stereocenters. The van der Waals surface area contributed by atoms with E-state index in [9.17, 15) is 18.0 Å². The Morgan fingerprint density at radius 1 is 1.08 bits per heavy atom. The van der Waals surface area contributed by atoms with Crippen molar-refractivity contribution in [2.75, 3.05) is 62.3 Å². The zero-order valence-corrected chi connectivity index (χ0v) is 13.7. The van der Waals surface area contributed by atoms with Crippen molar-refractivity contribution in [1.82, 2.24) is 14.9 Å². The molecule has 0 bridgehead atoms. The van der Waals surface area contributed by atoms with E-state index in [1.54, 1.807) is 12.3 Å². The second kappa shape index (κ2) is 7.42. The zero-order chi connectivity index (χ0) is 17.9. The number of ether oxygens (including phenoxy) is 1. The Balaban J connectivity index is 1.58. The van der Waals surface area contributed by atoms with Crippen LogP contribution in [0.4, 0.5) is 24.9 Å². The number of aromatic nitrogens is 2. The fourth-order valence-electron chi connectivity index (χ4n) is 2.90. The van der Waals surface area contributed by atoms with E-state index >= 15 is 0 Å². The summed E-state index contributed by atoms with van der Waals surface area (Å²) >= 11 is 0. The molecule has 2 fully saturated rings. The lowest BCUT2D eigenvalue weighted by molar-refractivity contribution is -0.161. The Labute approximate surface area is 143 Å². The van der Waals surface area contributed by atoms with Crippen LogP contribution in [0.5, 0.6) is 0 Å². The number of anilines is 2. The van der Waals surface area contributed by atoms with Crippen LogP contribution in [-0.2, 0) is 9.53 Å². The maximum atomic E-state index is 12.3. The summed E-state index contributed by atoms with van der Waals surface area (Å²) in [6.07, 6.45) is -4.19. The van der Waals surface area contributed by atoms with E-state index in [0.29, 0.717) is 32.3 Å². The number of morpholine rings is 1. The SMILES string of the molecule is O=C(CC(F)(F)F)N1CCN(c2ccnc(N3CCOCC3)n2)CC1. The van der Waals surface area contributed by atoms with Crippen molar-refractivity contribution in [3.63, 3.8) is 0 Å². The van der Waals surface area contributed by atoms with Gasteiger partial charge in [-0.2, -0.15) is 18.2 Å². The van der Waals surface area contributed by atoms with E-state index in [1.165, 1.54) is 4.90 Å². The number of amides is 1. The highest BCUT2D eigenvalue weighted by Crippen LogP contribution is 2.22. The molecule has 0 radical (unpaired) electrons. The molecule has 0 spiro atoms. The highest BCUT2D eigenvalue weighted by atomic mass is 19.4. The number of hydrogen-bond acceptors (Lipinski definition) is 6. The fourth-order valence-corrected chi connectivity index (χ4v) is 2.90. The van der Waals surface area contributed by atoms with E-state index in [2.05, 4.69) is 9.97 Å². The third-order valence-corrected chi connectivity index (χ3v) is 4.23. The molecule has 7 nitrogen and oxygen atoms in total. The van der Waals surface area contributed by atoms with E-state index < -0.39 is 18.5 Å². The quantitative estimate of drug-likeness (QED) is 0.800. The number of halogens is 3. The average Bonchev–Trinajstić information content (AvgIpc) is 2.61. The van der Waals surface area contributed by atoms with Gasteiger partial charge in [0.15, 0.2) is 0 Å². The van der Waals surface area contributed by atoms with Crippen LogP contribution in [0, 0.1) is 0 Å². The molecule has 0 N–H and O–H groups in total. The first-order valence-corrected chi connectivity index (χ1v) is 8.17. The second-order valence-corrected chi connectivity index (χ2v) is 5.97. The maximum absolute atomic E-state index is 12.3. The normalized spacial score (nSPS) is 19.2. The smallest absolute Gasteiger partial charge is 0.378 e. The monoisotopic (exact) mass is 359 g/mol. The predicted molar refractivity (Wildman–Crippen MR) is 84.5 cm³/mol. The molecule has 1 aromatic rings. The van der Waals surface area contributed by atoms with Gasteiger partial charge in [0.25, 0.3) is 0 Å². The average molecular weight is 359 g/mol. The molecule has 10 heteroatoms. The molecule has 1 aromatic heterocycles. The summed E-state index contributed by atoms with van der Waals surface area (Å²) in [5, 5.41) is 0. The number of carbonyl (C=O) groups excluding carboxylic acids is 1. The Hall–Kier alpha value is -2.10. The van der Waals surface area contributed by atoms with Gasteiger partial charge in [-0.15, -0.1) is 0 Å². The molecule has 0 saturated carbocycles. The number of nitrogens with zero attached hydrogens (tertiary/aromatic N) is 5. The Morgan fingerprint density at radius 2 is 1.76 bits per heavy atom. The van der Waals surface area contributed by atoms with Gasteiger partial charge in [-0.1, -0.05) is 0 Å². The highest BCUT2D eigenvalue weighted by molar-refractivity contribution is 5.77. The van der Waals surface area contributed by atoms with E-state index in [-0.39, 0.29) is 13.1 Å². The molecule has 0 aromatic carbocycles. The van der Waals surface area contributed by atoms with Gasteiger partial charge in [-0.3, -0.25) is 4.79 Å². The number of rotatable bonds is 3. The third-order valence-electron chi connectivity index (χ3n) is 4.23. The first-order chi connectivity index (χ1) is 11.9. The Bertz CT molecular complexity index is 599. The largest absolute Gasteiger partial charge is 0.397 e. The first-order valence-electron chi connectivity index (χ1n) is 8.17. The van der Waals surface area contributed by atoms with Gasteiger partial charge >= 0.3 is 6.18 Å². The van der Waals surface area contributed by atoms with Crippen molar-refractivity contribution >= 4 is 17.7 Å². The summed E-state index contributed by atoms with van der Waals surface area (Å²) < 4.78 is 42.3. The van der Waals surface area contributed by atoms with Gasteiger partial charge in [0.05, 0.1) is 13.2 Å². The molecule has 138 valence electrons. The number of hydrogen-bond donors (Lipinski definition) is 0. The lowest BCUT2D eigenvalue weighted by Gasteiger charge is -2.36. The maximum Gasteiger partial charge on any atom is 0.397 e. The van der Waals surface area contributed by atoms with Crippen LogP contribution in [-0.4, -0.2) is 79.4 Å². The Morgan fingerprint density at radius 3 is 2.40 bits per heavy atom. The first kappa shape index (κ1) is 17.7. The van der Waals surface area contributed by atoms with Crippen LogP contribution >= 0.6 is 0 Å². The highest BCUT2D eigenvalue weighted by Gasteiger charge is 2.34. The number of carbonyl (C=O) groups is 1. The predicted octanol–water partition coefficient (Wildman–Crippen LogP) is 0.914. The van der Waals surface area contributed by atoms with Gasteiger partial charge in [-0.25, -0.2) is 4.98 Å². The van der Waals surface area contributed by atoms with E-state index in [4.69, 9.17) is 4.74 Å². The minimum absolute atomic E-state index is 0.256. The zero-order valence-electron chi connectivity index (χ0n) is 13.7. The lowest BCUT2D eigenvalue weighted by Crippen LogP contribution is -2.49. The minimum atomic E-state index is -4.46. The molecule has 3 heterocycles. The van der Waals surface area contributed by atoms with Crippen LogP contribution in [0.25, 0.3) is 0 Å². The molecule has 25 heavy (non-hydrogen) atoms. The summed E-state index contributed by atoms with van der Waals surface area (Å²) in [5.74, 6) is 0.472. The van der Waals surface area contributed by atoms with Crippen molar-refractivity contribution in [3.05, 3.63) is 12.3 Å². The van der Waals surface area contributed by atoms with Crippen molar-refractivity contribution in [3.8, 4) is 0 Å². The second-order valence-electron chi connectivity index (χ2n) is 5.97. The molecule has 3 rings (SSSR count). The van der Waals surface area contributed by atoms with Crippen molar-refractivity contribution < 1.29 is 22.7 Å². The van der Waals surface area contributed by atoms with Crippen LogP contribution in [0.15, 0.2) is 12.3 Å². The Kier molecular flexibility index (Phi) is 5.26. The molecule has 0 aliphatic carbocycles. The van der Waals surface area contributed by atoms with Gasteiger partial charge < -0.3 is 19.4 Å². The van der Waals surface area contributed by atoms with Crippen molar-refractivity contribution in [2.45, 2.75) is 12.6 Å². The molecule has 1 amide bonds. The standard InChI is InChI=1S/C15H20F3N5O2/c16-15(17,18)11-13(24)22-5-3-21(4-6-22)12-1-2-19-14(20-12)23-7-9-25-10-8-23/h1-2H,3-11H2. The molecule has 2 saturated heterocycles. The summed E-state index contributed by atoms with van der Waals surface area (Å²) in [5.41, 5.74) is 0. The van der Waals surface area contributed by atoms with Gasteiger partial charge in [0.2, 0.25) is 11.9 Å². The molecule has 2 aliphatic rings. The lowest BCUT2D eigenvalue weighted by atomic mass is 10.2. The van der Waals surface area contributed by atoms with Gasteiger partial charge in [0.1, 0.15) is 12.2 Å². The fraction of sp³-hybridized carbons (Fsp3) is 0.667. The molecular weight excluding hydrogens is 339 g/mol. The van der Waals surface area contributed by atoms with Crippen LogP contribution in [0.1, 0.15) is 6.42 Å². The van der Waals surface area contributed by atoms with Crippen molar-refractivity contribution in [1.29, 1.82) is 0 Å². The van der Waals surface area contributed by atoms with Gasteiger partial charge in [0, 0.05) is 45.5 Å². The van der Waals surface area contributed by atoms with Crippen LogP contribution < -0.4 is 9.80 Å². The summed E-state index contributed by atoms with van der Waals surface area (Å²) in [7, 11) is 0. The minimum Gasteiger partial charge on any atom is -0.378 e. The van der Waals surface area contributed by atoms with Crippen LogP contribution in [0.2, 0.25) is 0 Å². The van der Waals surface area contributed by atoms with Crippen molar-refractivity contribution in [2.24, 2.45) is 0 Å². The molecule has 0 atom stereocenters. The van der Waals surface area contributed by atoms with E-state index in [0.717, 1.165) is 18.9 Å². The topological polar surface area (TPSA) is 61.8 Å². The third kappa shape index (κ3) is 4.71. The van der Waals surface area contributed by atoms with Crippen LogP contribution in [0.3, 0.4) is 0 Å². The molecular formula is C15H20F3N5O2.